The van der Waals surface area contributed by atoms with Gasteiger partial charge in [-0.25, -0.2) is 4.98 Å². The number of carbonyl (C=O) groups is 1. The average molecular weight is 369 g/mol. The SMILES string of the molecule is Cc1ccc(-c2nc3cc(NC(=O)C(F)(F)F)cc(C)c3o2)cc1Cl. The van der Waals surface area contributed by atoms with Gasteiger partial charge in [0.2, 0.25) is 5.89 Å². The molecule has 0 aliphatic heterocycles. The van der Waals surface area contributed by atoms with Gasteiger partial charge in [-0.1, -0.05) is 17.7 Å². The number of nitrogens with one attached hydrogen (secondary N) is 1. The van der Waals surface area contributed by atoms with Gasteiger partial charge in [-0.2, -0.15) is 13.2 Å². The van der Waals surface area contributed by atoms with Crippen LogP contribution in [0.25, 0.3) is 22.6 Å². The number of benzene rings is 2. The lowest BCUT2D eigenvalue weighted by Gasteiger charge is -2.08. The molecule has 8 heteroatoms. The fourth-order valence-corrected chi connectivity index (χ4v) is 2.50. The normalized spacial score (nSPS) is 11.8. The smallest absolute Gasteiger partial charge is 0.436 e. The molecular formula is C17H12ClF3N2O2. The fourth-order valence-electron chi connectivity index (χ4n) is 2.32. The minimum absolute atomic E-state index is 0.00545. The van der Waals surface area contributed by atoms with Gasteiger partial charge in [0.15, 0.2) is 5.58 Å². The first-order chi connectivity index (χ1) is 11.6. The summed E-state index contributed by atoms with van der Waals surface area (Å²) in [4.78, 5) is 15.4. The van der Waals surface area contributed by atoms with E-state index >= 15 is 0 Å². The van der Waals surface area contributed by atoms with Gasteiger partial charge in [-0.05, 0) is 49.2 Å². The highest BCUT2D eigenvalue weighted by Crippen LogP contribution is 2.31. The zero-order chi connectivity index (χ0) is 18.4. The summed E-state index contributed by atoms with van der Waals surface area (Å²) in [5.74, 6) is -1.75. The van der Waals surface area contributed by atoms with Gasteiger partial charge in [-0.15, -0.1) is 0 Å². The van der Waals surface area contributed by atoms with E-state index in [4.69, 9.17) is 16.0 Å². The van der Waals surface area contributed by atoms with Crippen LogP contribution < -0.4 is 5.32 Å². The summed E-state index contributed by atoms with van der Waals surface area (Å²) in [5.41, 5.74) is 2.85. The van der Waals surface area contributed by atoms with Crippen LogP contribution in [-0.4, -0.2) is 17.1 Å². The molecule has 0 unspecified atom stereocenters. The summed E-state index contributed by atoms with van der Waals surface area (Å²) in [6.07, 6.45) is -4.96. The quantitative estimate of drug-likeness (QED) is 0.670. The minimum Gasteiger partial charge on any atom is -0.436 e. The van der Waals surface area contributed by atoms with E-state index in [2.05, 4.69) is 4.98 Å². The van der Waals surface area contributed by atoms with Crippen molar-refractivity contribution in [1.82, 2.24) is 4.98 Å². The molecule has 0 bridgehead atoms. The van der Waals surface area contributed by atoms with Crippen molar-refractivity contribution in [3.8, 4) is 11.5 Å². The average Bonchev–Trinajstić information content (AvgIpc) is 2.93. The van der Waals surface area contributed by atoms with Gasteiger partial charge in [0.25, 0.3) is 0 Å². The van der Waals surface area contributed by atoms with Gasteiger partial charge in [0.1, 0.15) is 5.52 Å². The van der Waals surface area contributed by atoms with E-state index < -0.39 is 12.1 Å². The van der Waals surface area contributed by atoms with E-state index in [1.165, 1.54) is 12.1 Å². The van der Waals surface area contributed by atoms with Gasteiger partial charge >= 0.3 is 12.1 Å². The van der Waals surface area contributed by atoms with Crippen molar-refractivity contribution in [2.24, 2.45) is 0 Å². The maximum Gasteiger partial charge on any atom is 0.471 e. The first-order valence-electron chi connectivity index (χ1n) is 7.21. The molecule has 0 radical (unpaired) electrons. The van der Waals surface area contributed by atoms with Crippen LogP contribution in [0.1, 0.15) is 11.1 Å². The highest BCUT2D eigenvalue weighted by atomic mass is 35.5. The monoisotopic (exact) mass is 368 g/mol. The highest BCUT2D eigenvalue weighted by molar-refractivity contribution is 6.31. The third-order valence-electron chi connectivity index (χ3n) is 3.61. The summed E-state index contributed by atoms with van der Waals surface area (Å²) in [5, 5.41) is 2.36. The van der Waals surface area contributed by atoms with Gasteiger partial charge in [0, 0.05) is 16.3 Å². The Balaban J connectivity index is 2.01. The number of rotatable bonds is 2. The van der Waals surface area contributed by atoms with Crippen LogP contribution in [0.3, 0.4) is 0 Å². The van der Waals surface area contributed by atoms with Crippen molar-refractivity contribution in [2.75, 3.05) is 5.32 Å². The molecule has 1 N–H and O–H groups in total. The third-order valence-corrected chi connectivity index (χ3v) is 4.02. The van der Waals surface area contributed by atoms with Crippen LogP contribution in [0.4, 0.5) is 18.9 Å². The zero-order valence-electron chi connectivity index (χ0n) is 13.2. The lowest BCUT2D eigenvalue weighted by atomic mass is 10.1. The van der Waals surface area contributed by atoms with Crippen LogP contribution in [0.15, 0.2) is 34.7 Å². The molecule has 130 valence electrons. The van der Waals surface area contributed by atoms with Crippen molar-refractivity contribution < 1.29 is 22.4 Å². The number of anilines is 1. The summed E-state index contributed by atoms with van der Waals surface area (Å²) in [6, 6.07) is 8.02. The molecule has 3 rings (SSSR count). The molecule has 3 aromatic rings. The Kier molecular flexibility index (Phi) is 4.20. The summed E-state index contributed by atoms with van der Waals surface area (Å²) < 4.78 is 42.9. The molecule has 1 heterocycles. The van der Waals surface area contributed by atoms with Crippen LogP contribution in [0.5, 0.6) is 0 Å². The molecule has 0 fully saturated rings. The minimum atomic E-state index is -4.96. The topological polar surface area (TPSA) is 55.1 Å². The number of amides is 1. The Labute approximate surface area is 145 Å². The standard InChI is InChI=1S/C17H12ClF3N2O2/c1-8-3-4-10(6-12(8)18)15-23-13-7-11(5-9(2)14(13)25-15)22-16(24)17(19,20)21/h3-7H,1-2H3,(H,22,24). The third kappa shape index (κ3) is 3.46. The number of aryl methyl sites for hydroxylation is 2. The van der Waals surface area contributed by atoms with Crippen LogP contribution >= 0.6 is 11.6 Å². The van der Waals surface area contributed by atoms with Crippen molar-refractivity contribution in [3.63, 3.8) is 0 Å². The van der Waals surface area contributed by atoms with Crippen LogP contribution in [0, 0.1) is 13.8 Å². The molecule has 0 aliphatic carbocycles. The molecule has 0 spiro atoms. The number of nitrogens with zero attached hydrogens (tertiary/aromatic N) is 1. The lowest BCUT2D eigenvalue weighted by molar-refractivity contribution is -0.167. The second-order valence-electron chi connectivity index (χ2n) is 5.58. The Hall–Kier alpha value is -2.54. The molecule has 0 saturated heterocycles. The molecule has 0 atom stereocenters. The number of alkyl halides is 3. The Morgan fingerprint density at radius 1 is 1.16 bits per heavy atom. The number of hydrogen-bond acceptors (Lipinski definition) is 3. The van der Waals surface area contributed by atoms with Gasteiger partial charge in [-0.3, -0.25) is 4.79 Å². The fraction of sp³-hybridized carbons (Fsp3) is 0.176. The first kappa shape index (κ1) is 17.3. The Bertz CT molecular complexity index is 980. The molecule has 2 aromatic carbocycles. The maximum absolute atomic E-state index is 12.4. The van der Waals surface area contributed by atoms with E-state index in [0.29, 0.717) is 33.1 Å². The second-order valence-corrected chi connectivity index (χ2v) is 5.98. The van der Waals surface area contributed by atoms with Crippen molar-refractivity contribution >= 4 is 34.3 Å². The number of carbonyl (C=O) groups excluding carboxylic acids is 1. The van der Waals surface area contributed by atoms with Gasteiger partial charge < -0.3 is 9.73 Å². The summed E-state index contributed by atoms with van der Waals surface area (Å²) >= 11 is 6.10. The van der Waals surface area contributed by atoms with Gasteiger partial charge in [0.05, 0.1) is 0 Å². The first-order valence-corrected chi connectivity index (χ1v) is 7.59. The van der Waals surface area contributed by atoms with Crippen molar-refractivity contribution in [2.45, 2.75) is 20.0 Å². The van der Waals surface area contributed by atoms with Crippen LogP contribution in [-0.2, 0) is 4.79 Å². The molecule has 1 amide bonds. The molecular weight excluding hydrogens is 357 g/mol. The number of oxazole rings is 1. The summed E-state index contributed by atoms with van der Waals surface area (Å²) in [6.45, 7) is 3.51. The van der Waals surface area contributed by atoms with E-state index in [-0.39, 0.29) is 5.69 Å². The number of aromatic nitrogens is 1. The molecule has 4 nitrogen and oxygen atoms in total. The number of hydrogen-bond donors (Lipinski definition) is 1. The number of halogens is 4. The summed E-state index contributed by atoms with van der Waals surface area (Å²) in [7, 11) is 0. The highest BCUT2D eigenvalue weighted by Gasteiger charge is 2.38. The van der Waals surface area contributed by atoms with Crippen molar-refractivity contribution in [1.29, 1.82) is 0 Å². The van der Waals surface area contributed by atoms with E-state index in [1.807, 2.05) is 18.3 Å². The van der Waals surface area contributed by atoms with E-state index in [9.17, 15) is 18.0 Å². The second kappa shape index (κ2) is 6.07. The predicted octanol–water partition coefficient (Wildman–Crippen LogP) is 5.27. The predicted molar refractivity (Wildman–Crippen MR) is 88.6 cm³/mol. The Morgan fingerprint density at radius 2 is 1.88 bits per heavy atom. The lowest BCUT2D eigenvalue weighted by Crippen LogP contribution is -2.29. The molecule has 25 heavy (non-hydrogen) atoms. The van der Waals surface area contributed by atoms with E-state index in [1.54, 1.807) is 19.1 Å². The number of fused-ring (bicyclic) bond motifs is 1. The molecule has 1 aromatic heterocycles. The van der Waals surface area contributed by atoms with Crippen LogP contribution in [0.2, 0.25) is 5.02 Å². The van der Waals surface area contributed by atoms with Crippen molar-refractivity contribution in [3.05, 3.63) is 46.5 Å². The molecule has 0 aliphatic rings. The Morgan fingerprint density at radius 3 is 2.52 bits per heavy atom. The van der Waals surface area contributed by atoms with E-state index in [0.717, 1.165) is 5.56 Å². The largest absolute Gasteiger partial charge is 0.471 e. The maximum atomic E-state index is 12.4. The zero-order valence-corrected chi connectivity index (χ0v) is 13.9. The molecule has 0 saturated carbocycles.